The Balaban J connectivity index is 1.47. The Morgan fingerprint density at radius 2 is 2.04 bits per heavy atom. The minimum absolute atomic E-state index is 0.0858. The van der Waals surface area contributed by atoms with Crippen LogP contribution in [-0.4, -0.2) is 66.7 Å². The molecule has 2 fully saturated rings. The molecule has 2 aliphatic heterocycles. The van der Waals surface area contributed by atoms with Crippen LogP contribution in [0.2, 0.25) is 5.02 Å². The third-order valence-electron chi connectivity index (χ3n) is 4.20. The van der Waals surface area contributed by atoms with Crippen molar-refractivity contribution in [2.24, 2.45) is 0 Å². The van der Waals surface area contributed by atoms with E-state index < -0.39 is 15.8 Å². The Bertz CT molecular complexity index is 889. The molecule has 0 unspecified atom stereocenters. The van der Waals surface area contributed by atoms with Gasteiger partial charge < -0.3 is 4.90 Å². The van der Waals surface area contributed by atoms with Gasteiger partial charge in [-0.15, -0.1) is 0 Å². The van der Waals surface area contributed by atoms with E-state index in [1.54, 1.807) is 0 Å². The van der Waals surface area contributed by atoms with Gasteiger partial charge in [0.2, 0.25) is 21.8 Å². The van der Waals surface area contributed by atoms with Gasteiger partial charge in [-0.2, -0.15) is 0 Å². The molecule has 1 N–H and O–H groups in total. The maximum absolute atomic E-state index is 13.1. The van der Waals surface area contributed by atoms with E-state index >= 15 is 0 Å². The summed E-state index contributed by atoms with van der Waals surface area (Å²) in [5.41, 5.74) is 0. The lowest BCUT2D eigenvalue weighted by Gasteiger charge is -2.42. The number of hydrogen-bond acceptors (Lipinski definition) is 6. The Labute approximate surface area is 164 Å². The van der Waals surface area contributed by atoms with Crippen LogP contribution in [0.5, 0.6) is 0 Å². The highest BCUT2D eigenvalue weighted by Crippen LogP contribution is 2.26. The van der Waals surface area contributed by atoms with Crippen molar-refractivity contribution in [3.8, 4) is 0 Å². The number of amides is 3. The number of carbonyl (C=O) groups is 3. The van der Waals surface area contributed by atoms with Crippen molar-refractivity contribution in [2.75, 3.05) is 25.4 Å². The van der Waals surface area contributed by atoms with Gasteiger partial charge in [0.05, 0.1) is 21.7 Å². The summed E-state index contributed by atoms with van der Waals surface area (Å²) in [6.45, 7) is 0.350. The molecule has 0 radical (unpaired) electrons. The Morgan fingerprint density at radius 1 is 1.33 bits per heavy atom. The standard InChI is InChI=1S/C15H15ClFN3O5S2/c16-11-5-10(1-2-12(11)17)27(24,25)18-4-3-13(21)19-6-9(7-19)20-14(22)8-26-15(20)23/h1-2,5,9,18H,3-4,6-8H2. The number of nitrogens with one attached hydrogen (secondary N) is 1. The SMILES string of the molecule is O=C(CCNS(=O)(=O)c1ccc(F)c(Cl)c1)N1CC(N2C(=O)CSC2=O)C1. The lowest BCUT2D eigenvalue weighted by Crippen LogP contribution is -2.62. The summed E-state index contributed by atoms with van der Waals surface area (Å²) in [4.78, 5) is 37.8. The number of benzene rings is 1. The first-order valence-electron chi connectivity index (χ1n) is 7.90. The largest absolute Gasteiger partial charge is 0.338 e. The molecule has 146 valence electrons. The summed E-state index contributed by atoms with van der Waals surface area (Å²) in [5, 5.41) is -0.618. The maximum atomic E-state index is 13.1. The molecule has 27 heavy (non-hydrogen) atoms. The van der Waals surface area contributed by atoms with Crippen LogP contribution in [0.15, 0.2) is 23.1 Å². The van der Waals surface area contributed by atoms with Gasteiger partial charge in [0.15, 0.2) is 0 Å². The molecular weight excluding hydrogens is 421 g/mol. The second-order valence-electron chi connectivity index (χ2n) is 5.99. The van der Waals surface area contributed by atoms with Crippen molar-refractivity contribution >= 4 is 50.4 Å². The summed E-state index contributed by atoms with van der Waals surface area (Å²) in [6, 6.07) is 2.69. The van der Waals surface area contributed by atoms with Gasteiger partial charge in [-0.1, -0.05) is 23.4 Å². The van der Waals surface area contributed by atoms with Crippen molar-refractivity contribution in [1.82, 2.24) is 14.5 Å². The van der Waals surface area contributed by atoms with Gasteiger partial charge in [0.25, 0.3) is 5.24 Å². The molecule has 2 aliphatic rings. The molecule has 0 aromatic heterocycles. The molecule has 2 heterocycles. The Morgan fingerprint density at radius 3 is 2.63 bits per heavy atom. The van der Waals surface area contributed by atoms with Crippen molar-refractivity contribution in [3.63, 3.8) is 0 Å². The summed E-state index contributed by atoms with van der Waals surface area (Å²) < 4.78 is 39.6. The smallest absolute Gasteiger partial charge is 0.289 e. The van der Waals surface area contributed by atoms with E-state index in [4.69, 9.17) is 11.6 Å². The number of sulfonamides is 1. The molecule has 1 aromatic rings. The van der Waals surface area contributed by atoms with E-state index in [0.29, 0.717) is 0 Å². The highest BCUT2D eigenvalue weighted by Gasteiger charge is 2.43. The average molecular weight is 436 g/mol. The number of thioether (sulfide) groups is 1. The number of likely N-dealkylation sites (tertiary alicyclic amines) is 1. The van der Waals surface area contributed by atoms with Crippen molar-refractivity contribution in [2.45, 2.75) is 17.4 Å². The first-order valence-corrected chi connectivity index (χ1v) is 10.7. The lowest BCUT2D eigenvalue weighted by molar-refractivity contribution is -0.141. The minimum Gasteiger partial charge on any atom is -0.338 e. The van der Waals surface area contributed by atoms with Crippen molar-refractivity contribution in [1.29, 1.82) is 0 Å². The molecule has 0 atom stereocenters. The van der Waals surface area contributed by atoms with E-state index in [1.807, 2.05) is 0 Å². The summed E-state index contributed by atoms with van der Waals surface area (Å²) in [7, 11) is -3.92. The van der Waals surface area contributed by atoms with Crippen molar-refractivity contribution in [3.05, 3.63) is 29.0 Å². The van der Waals surface area contributed by atoms with Gasteiger partial charge in [-0.3, -0.25) is 19.3 Å². The summed E-state index contributed by atoms with van der Waals surface area (Å²) in [5.74, 6) is -1.16. The van der Waals surface area contributed by atoms with Gasteiger partial charge >= 0.3 is 0 Å². The Hall–Kier alpha value is -1.69. The molecule has 0 spiro atoms. The van der Waals surface area contributed by atoms with Crippen LogP contribution in [-0.2, 0) is 19.6 Å². The van der Waals surface area contributed by atoms with E-state index in [1.165, 1.54) is 9.80 Å². The molecule has 0 bridgehead atoms. The zero-order chi connectivity index (χ0) is 19.8. The van der Waals surface area contributed by atoms with Gasteiger partial charge in [0.1, 0.15) is 5.82 Å². The Kier molecular flexibility index (Phi) is 5.75. The molecule has 0 saturated carbocycles. The quantitative estimate of drug-likeness (QED) is 0.716. The van der Waals surface area contributed by atoms with E-state index in [-0.39, 0.29) is 64.8 Å². The number of halogens is 2. The number of rotatable bonds is 6. The molecule has 0 aliphatic carbocycles. The first-order chi connectivity index (χ1) is 12.7. The zero-order valence-corrected chi connectivity index (χ0v) is 16.2. The second-order valence-corrected chi connectivity index (χ2v) is 9.10. The van der Waals surface area contributed by atoms with Gasteiger partial charge in [-0.25, -0.2) is 17.5 Å². The third-order valence-corrected chi connectivity index (χ3v) is 6.78. The van der Waals surface area contributed by atoms with E-state index in [2.05, 4.69) is 4.72 Å². The molecule has 2 saturated heterocycles. The normalized spacial score (nSPS) is 18.1. The van der Waals surface area contributed by atoms with Crippen LogP contribution in [0.1, 0.15) is 6.42 Å². The molecular formula is C15H15ClFN3O5S2. The zero-order valence-electron chi connectivity index (χ0n) is 13.9. The number of hydrogen-bond donors (Lipinski definition) is 1. The predicted molar refractivity (Wildman–Crippen MR) is 96.3 cm³/mol. The lowest BCUT2D eigenvalue weighted by atomic mass is 10.1. The fraction of sp³-hybridized carbons (Fsp3) is 0.400. The second kappa shape index (κ2) is 7.74. The number of imide groups is 1. The van der Waals surface area contributed by atoms with Crippen LogP contribution in [0.25, 0.3) is 0 Å². The number of nitrogens with zero attached hydrogens (tertiary/aromatic N) is 2. The number of carbonyl (C=O) groups excluding carboxylic acids is 3. The fourth-order valence-corrected chi connectivity index (χ4v) is 4.80. The maximum Gasteiger partial charge on any atom is 0.289 e. The minimum atomic E-state index is -3.92. The fourth-order valence-electron chi connectivity index (χ4n) is 2.72. The molecule has 3 rings (SSSR count). The molecule has 3 amide bonds. The van der Waals surface area contributed by atoms with Crippen LogP contribution in [0.3, 0.4) is 0 Å². The molecule has 8 nitrogen and oxygen atoms in total. The monoisotopic (exact) mass is 435 g/mol. The summed E-state index contributed by atoms with van der Waals surface area (Å²) in [6.07, 6.45) is -0.0858. The topological polar surface area (TPSA) is 104 Å². The van der Waals surface area contributed by atoms with Crippen molar-refractivity contribution < 1.29 is 27.2 Å². The molecule has 1 aromatic carbocycles. The third kappa shape index (κ3) is 4.26. The highest BCUT2D eigenvalue weighted by atomic mass is 35.5. The van der Waals surface area contributed by atoms with E-state index in [9.17, 15) is 27.2 Å². The first kappa shape index (κ1) is 20.1. The highest BCUT2D eigenvalue weighted by molar-refractivity contribution is 8.14. The summed E-state index contributed by atoms with van der Waals surface area (Å²) >= 11 is 6.52. The van der Waals surface area contributed by atoms with Gasteiger partial charge in [0, 0.05) is 26.1 Å². The molecule has 12 heteroatoms. The van der Waals surface area contributed by atoms with Crippen LogP contribution < -0.4 is 4.72 Å². The van der Waals surface area contributed by atoms with E-state index in [0.717, 1.165) is 30.0 Å². The van der Waals surface area contributed by atoms with Gasteiger partial charge in [-0.05, 0) is 18.2 Å². The van der Waals surface area contributed by atoms with Crippen LogP contribution in [0.4, 0.5) is 9.18 Å². The van der Waals surface area contributed by atoms with Crippen LogP contribution >= 0.6 is 23.4 Å². The predicted octanol–water partition coefficient (Wildman–Crippen LogP) is 1.05. The van der Waals surface area contributed by atoms with Crippen LogP contribution in [0, 0.1) is 5.82 Å². The average Bonchev–Trinajstić information content (AvgIpc) is 2.88.